The van der Waals surface area contributed by atoms with Crippen molar-refractivity contribution >= 4 is 0 Å². The predicted octanol–water partition coefficient (Wildman–Crippen LogP) is 1.15. The Hall–Kier alpha value is -0.630. The summed E-state index contributed by atoms with van der Waals surface area (Å²) in [5.41, 5.74) is -0.364. The first-order valence-electron chi connectivity index (χ1n) is 6.43. The summed E-state index contributed by atoms with van der Waals surface area (Å²) in [5, 5.41) is 12.4. The van der Waals surface area contributed by atoms with E-state index in [1.54, 1.807) is 0 Å². The Morgan fingerprint density at radius 1 is 1.18 bits per heavy atom. The summed E-state index contributed by atoms with van der Waals surface area (Å²) in [6, 6.07) is 2.37. The van der Waals surface area contributed by atoms with Crippen molar-refractivity contribution in [1.29, 1.82) is 5.26 Å². The van der Waals surface area contributed by atoms with E-state index >= 15 is 0 Å². The van der Waals surface area contributed by atoms with Crippen LogP contribution in [0.1, 0.15) is 26.7 Å². The van der Waals surface area contributed by atoms with Crippen LogP contribution in [-0.4, -0.2) is 62.7 Å². The van der Waals surface area contributed by atoms with Crippen LogP contribution in [0.25, 0.3) is 0 Å². The molecule has 0 saturated carbocycles. The fourth-order valence-corrected chi connectivity index (χ4v) is 1.76. The molecule has 4 heteroatoms. The molecule has 0 bridgehead atoms. The first-order chi connectivity index (χ1) is 7.93. The minimum absolute atomic E-state index is 0.364. The van der Waals surface area contributed by atoms with Crippen molar-refractivity contribution in [3.05, 3.63) is 0 Å². The second kappa shape index (κ2) is 8.46. The molecule has 1 N–H and O–H groups in total. The van der Waals surface area contributed by atoms with Crippen LogP contribution in [0.2, 0.25) is 0 Å². The third kappa shape index (κ3) is 8.14. The van der Waals surface area contributed by atoms with Gasteiger partial charge in [0.2, 0.25) is 0 Å². The lowest BCUT2D eigenvalue weighted by atomic mass is 9.97. The van der Waals surface area contributed by atoms with Gasteiger partial charge < -0.3 is 9.80 Å². The molecule has 0 radical (unpaired) electrons. The number of likely N-dealkylation sites (N-methyl/N-ethyl adjacent to an activating group) is 2. The average Bonchev–Trinajstić information content (AvgIpc) is 2.26. The normalized spacial score (nSPS) is 14.9. The molecule has 0 aromatic heterocycles. The van der Waals surface area contributed by atoms with Gasteiger partial charge in [0.15, 0.2) is 0 Å². The molecule has 17 heavy (non-hydrogen) atoms. The summed E-state index contributed by atoms with van der Waals surface area (Å²) < 4.78 is 0. The quantitative estimate of drug-likeness (QED) is 0.656. The van der Waals surface area contributed by atoms with Gasteiger partial charge in [-0.15, -0.1) is 0 Å². The average molecular weight is 240 g/mol. The predicted molar refractivity (Wildman–Crippen MR) is 73.0 cm³/mol. The molecule has 0 rings (SSSR count). The largest absolute Gasteiger partial charge is 0.308 e. The van der Waals surface area contributed by atoms with Gasteiger partial charge in [-0.3, -0.25) is 5.32 Å². The van der Waals surface area contributed by atoms with Gasteiger partial charge in [-0.05, 0) is 54.0 Å². The van der Waals surface area contributed by atoms with Crippen molar-refractivity contribution in [1.82, 2.24) is 15.1 Å². The summed E-state index contributed by atoms with van der Waals surface area (Å²) in [6.07, 6.45) is 1.96. The zero-order chi connectivity index (χ0) is 13.3. The number of hydrogen-bond acceptors (Lipinski definition) is 4. The zero-order valence-electron chi connectivity index (χ0n) is 12.1. The molecule has 0 aromatic carbocycles. The van der Waals surface area contributed by atoms with Crippen molar-refractivity contribution in [2.24, 2.45) is 0 Å². The van der Waals surface area contributed by atoms with E-state index in [9.17, 15) is 0 Å². The number of nitrogens with one attached hydrogen (secondary N) is 1. The van der Waals surface area contributed by atoms with Gasteiger partial charge in [0.25, 0.3) is 0 Å². The van der Waals surface area contributed by atoms with Crippen LogP contribution in [0.15, 0.2) is 0 Å². The number of hydrogen-bond donors (Lipinski definition) is 1. The lowest BCUT2D eigenvalue weighted by Crippen LogP contribution is -2.41. The molecule has 1 unspecified atom stereocenters. The minimum atomic E-state index is -0.364. The van der Waals surface area contributed by atoms with E-state index in [0.717, 1.165) is 39.0 Å². The van der Waals surface area contributed by atoms with Gasteiger partial charge in [0, 0.05) is 13.1 Å². The highest BCUT2D eigenvalue weighted by atomic mass is 15.1. The van der Waals surface area contributed by atoms with Crippen LogP contribution in [0.4, 0.5) is 0 Å². The zero-order valence-corrected chi connectivity index (χ0v) is 12.1. The Morgan fingerprint density at radius 2 is 1.82 bits per heavy atom. The summed E-state index contributed by atoms with van der Waals surface area (Å²) >= 11 is 0. The maximum absolute atomic E-state index is 9.13. The fourth-order valence-electron chi connectivity index (χ4n) is 1.76. The van der Waals surface area contributed by atoms with E-state index in [2.05, 4.69) is 42.3 Å². The molecular weight excluding hydrogens is 212 g/mol. The van der Waals surface area contributed by atoms with Gasteiger partial charge in [0.05, 0.1) is 6.07 Å². The van der Waals surface area contributed by atoms with Crippen molar-refractivity contribution < 1.29 is 0 Å². The Balaban J connectivity index is 3.78. The van der Waals surface area contributed by atoms with Crippen molar-refractivity contribution in [2.45, 2.75) is 32.2 Å². The molecule has 100 valence electrons. The van der Waals surface area contributed by atoms with E-state index in [1.807, 2.05) is 13.8 Å². The van der Waals surface area contributed by atoms with E-state index in [-0.39, 0.29) is 5.54 Å². The van der Waals surface area contributed by atoms with E-state index in [1.165, 1.54) is 0 Å². The summed E-state index contributed by atoms with van der Waals surface area (Å²) in [6.45, 7) is 8.09. The van der Waals surface area contributed by atoms with E-state index in [4.69, 9.17) is 5.26 Å². The van der Waals surface area contributed by atoms with Crippen LogP contribution >= 0.6 is 0 Å². The molecule has 0 amide bonds. The number of rotatable bonds is 9. The summed E-state index contributed by atoms with van der Waals surface area (Å²) in [5.74, 6) is 0. The van der Waals surface area contributed by atoms with E-state index < -0.39 is 0 Å². The Kier molecular flexibility index (Phi) is 8.15. The third-order valence-corrected chi connectivity index (χ3v) is 2.96. The first kappa shape index (κ1) is 16.4. The topological polar surface area (TPSA) is 42.3 Å². The Bertz CT molecular complexity index is 234. The molecule has 1 atom stereocenters. The van der Waals surface area contributed by atoms with Crippen LogP contribution in [-0.2, 0) is 0 Å². The maximum atomic E-state index is 9.13. The molecule has 0 fully saturated rings. The minimum Gasteiger partial charge on any atom is -0.308 e. The lowest BCUT2D eigenvalue weighted by Gasteiger charge is -2.24. The van der Waals surface area contributed by atoms with Crippen LogP contribution in [0, 0.1) is 11.3 Å². The lowest BCUT2D eigenvalue weighted by molar-refractivity contribution is 0.269. The molecule has 0 spiro atoms. The number of nitrogens with zero attached hydrogens (tertiary/aromatic N) is 3. The molecule has 0 aromatic rings. The molecule has 0 saturated heterocycles. The van der Waals surface area contributed by atoms with Crippen molar-refractivity contribution in [3.63, 3.8) is 0 Å². The highest BCUT2D eigenvalue weighted by Gasteiger charge is 2.21. The Morgan fingerprint density at radius 3 is 2.29 bits per heavy atom. The molecular formula is C13H28N4. The van der Waals surface area contributed by atoms with Crippen molar-refractivity contribution in [2.75, 3.05) is 47.3 Å². The van der Waals surface area contributed by atoms with Crippen molar-refractivity contribution in [3.8, 4) is 6.07 Å². The first-order valence-corrected chi connectivity index (χ1v) is 6.43. The SMILES string of the molecule is CCNC(C)(C#N)CCCN(C)CCN(C)C. The van der Waals surface area contributed by atoms with Crippen LogP contribution in [0.3, 0.4) is 0 Å². The molecule has 0 aliphatic heterocycles. The molecule has 0 heterocycles. The van der Waals surface area contributed by atoms with Crippen LogP contribution in [0.5, 0.6) is 0 Å². The smallest absolute Gasteiger partial charge is 0.103 e. The summed E-state index contributed by atoms with van der Waals surface area (Å²) in [4.78, 5) is 4.51. The highest BCUT2D eigenvalue weighted by Crippen LogP contribution is 2.11. The second-order valence-corrected chi connectivity index (χ2v) is 5.18. The maximum Gasteiger partial charge on any atom is 0.103 e. The van der Waals surface area contributed by atoms with Gasteiger partial charge in [-0.1, -0.05) is 6.92 Å². The molecule has 4 nitrogen and oxygen atoms in total. The molecule has 0 aliphatic rings. The fraction of sp³-hybridized carbons (Fsp3) is 0.923. The molecule has 0 aliphatic carbocycles. The van der Waals surface area contributed by atoms with E-state index in [0.29, 0.717) is 0 Å². The Labute approximate surface area is 107 Å². The van der Waals surface area contributed by atoms with Crippen LogP contribution < -0.4 is 5.32 Å². The monoisotopic (exact) mass is 240 g/mol. The summed E-state index contributed by atoms with van der Waals surface area (Å²) in [7, 11) is 6.32. The van der Waals surface area contributed by atoms with Gasteiger partial charge in [0.1, 0.15) is 5.54 Å². The van der Waals surface area contributed by atoms with Gasteiger partial charge in [-0.2, -0.15) is 5.26 Å². The highest BCUT2D eigenvalue weighted by molar-refractivity contribution is 5.03. The standard InChI is InChI=1S/C13H28N4/c1-6-15-13(2,12-14)8-7-9-17(5)11-10-16(3)4/h15H,6-11H2,1-5H3. The third-order valence-electron chi connectivity index (χ3n) is 2.96. The van der Waals surface area contributed by atoms with Gasteiger partial charge >= 0.3 is 0 Å². The van der Waals surface area contributed by atoms with Gasteiger partial charge in [-0.25, -0.2) is 0 Å². The number of nitriles is 1. The second-order valence-electron chi connectivity index (χ2n) is 5.18.